The Morgan fingerprint density at radius 2 is 1.74 bits per heavy atom. The minimum Gasteiger partial charge on any atom is -0.457 e. The SMILES string of the molecule is CCNCCOC.CO[C@H]1CC[C@]23C[C@@]2(CC[C@]2(C)C4C(C[C@@H]2C)OC([C@H](OC(C)=O)C(C)(C)O)C[C@H]4C)[C@H](C)CCC3C1(C)C. The van der Waals surface area contributed by atoms with E-state index in [-0.39, 0.29) is 29.0 Å². The minimum atomic E-state index is -1.14. The zero-order valence-electron chi connectivity index (χ0n) is 31.7. The first kappa shape index (κ1) is 38.1. The quantitative estimate of drug-likeness (QED) is 0.178. The molecule has 4 saturated carbocycles. The van der Waals surface area contributed by atoms with E-state index >= 15 is 0 Å². The maximum atomic E-state index is 11.9. The van der Waals surface area contributed by atoms with E-state index in [1.165, 1.54) is 51.9 Å². The van der Waals surface area contributed by atoms with Gasteiger partial charge in [-0.1, -0.05) is 48.5 Å². The number of aliphatic hydroxyl groups is 1. The number of methoxy groups -OCH3 is 2. The average Bonchev–Trinajstić information content (AvgIpc) is 3.56. The fourth-order valence-electron chi connectivity index (χ4n) is 12.0. The van der Waals surface area contributed by atoms with Crippen LogP contribution in [0.1, 0.15) is 127 Å². The van der Waals surface area contributed by atoms with Crippen molar-refractivity contribution in [2.24, 2.45) is 51.2 Å². The van der Waals surface area contributed by atoms with Crippen molar-refractivity contribution in [1.29, 1.82) is 0 Å². The number of rotatable bonds is 11. The largest absolute Gasteiger partial charge is 0.457 e. The highest BCUT2D eigenvalue weighted by atomic mass is 16.6. The Balaban J connectivity index is 0.000000617. The highest BCUT2D eigenvalue weighted by molar-refractivity contribution is 5.66. The molecular formula is C39H71NO6. The van der Waals surface area contributed by atoms with Crippen LogP contribution in [-0.2, 0) is 23.7 Å². The van der Waals surface area contributed by atoms with Gasteiger partial charge in [0.15, 0.2) is 6.10 Å². The van der Waals surface area contributed by atoms with Gasteiger partial charge < -0.3 is 29.4 Å². The van der Waals surface area contributed by atoms with Gasteiger partial charge in [0, 0.05) is 27.7 Å². The van der Waals surface area contributed by atoms with Crippen LogP contribution in [0.2, 0.25) is 0 Å². The fraction of sp³-hybridized carbons (Fsp3) is 0.974. The molecule has 0 amide bonds. The summed E-state index contributed by atoms with van der Waals surface area (Å²) in [6, 6.07) is 0. The molecule has 2 N–H and O–H groups in total. The predicted molar refractivity (Wildman–Crippen MR) is 185 cm³/mol. The molecule has 46 heavy (non-hydrogen) atoms. The first-order chi connectivity index (χ1) is 21.4. The van der Waals surface area contributed by atoms with E-state index in [2.05, 4.69) is 53.8 Å². The van der Waals surface area contributed by atoms with Gasteiger partial charge in [-0.05, 0) is 129 Å². The molecule has 0 bridgehead atoms. The van der Waals surface area contributed by atoms with Gasteiger partial charge >= 0.3 is 5.97 Å². The molecule has 7 nitrogen and oxygen atoms in total. The van der Waals surface area contributed by atoms with Gasteiger partial charge in [0.05, 0.1) is 30.5 Å². The molecule has 5 aliphatic rings. The lowest BCUT2D eigenvalue weighted by Crippen LogP contribution is -2.54. The summed E-state index contributed by atoms with van der Waals surface area (Å²) in [7, 11) is 3.63. The molecule has 12 atom stereocenters. The van der Waals surface area contributed by atoms with Crippen molar-refractivity contribution in [2.45, 2.75) is 157 Å². The third-order valence-electron chi connectivity index (χ3n) is 14.5. The first-order valence-corrected chi connectivity index (χ1v) is 18.7. The van der Waals surface area contributed by atoms with Crippen LogP contribution < -0.4 is 5.32 Å². The summed E-state index contributed by atoms with van der Waals surface area (Å²) < 4.78 is 23.2. The third-order valence-corrected chi connectivity index (χ3v) is 14.5. The fourth-order valence-corrected chi connectivity index (χ4v) is 12.0. The number of hydrogen-bond donors (Lipinski definition) is 2. The van der Waals surface area contributed by atoms with Crippen molar-refractivity contribution in [1.82, 2.24) is 5.32 Å². The number of fused-ring (bicyclic) bond motifs is 1. The Morgan fingerprint density at radius 1 is 1.04 bits per heavy atom. The summed E-state index contributed by atoms with van der Waals surface area (Å²) in [5.41, 5.74) is 0.369. The molecule has 1 saturated heterocycles. The predicted octanol–water partition coefficient (Wildman–Crippen LogP) is 7.43. The molecule has 1 spiro atoms. The summed E-state index contributed by atoms with van der Waals surface area (Å²) in [4.78, 5) is 11.9. The molecule has 1 aliphatic heterocycles. The van der Waals surface area contributed by atoms with Crippen molar-refractivity contribution in [3.05, 3.63) is 0 Å². The normalized spacial score (nSPS) is 43.3. The van der Waals surface area contributed by atoms with Gasteiger partial charge in [-0.15, -0.1) is 0 Å². The van der Waals surface area contributed by atoms with Gasteiger partial charge in [-0.3, -0.25) is 4.79 Å². The van der Waals surface area contributed by atoms with Crippen LogP contribution in [0.5, 0.6) is 0 Å². The standard InChI is InChI=1S/C34H58O5.C5H13NO/c1-20-17-25(29(31(7,8)36)38-23(4)35)39-24-18-22(3)32(9,28(20)24)15-16-33-19-34(33)14-13-27(37-10)30(5,6)26(34)12-11-21(33)2;1-3-6-4-5-7-2/h20-22,24-29,36H,11-19H2,1-10H3;6H,3-5H2,1-2H3/t20-,21-,22+,24?,25?,26?,27+,28?,29+,32+,33+,34-;/m1./s1. The van der Waals surface area contributed by atoms with Crippen LogP contribution in [0.25, 0.3) is 0 Å². The molecule has 0 radical (unpaired) electrons. The molecule has 268 valence electrons. The number of carbonyl (C=O) groups is 1. The Bertz CT molecular complexity index is 1020. The first-order valence-electron chi connectivity index (χ1n) is 18.7. The highest BCUT2D eigenvalue weighted by Crippen LogP contribution is 2.83. The van der Waals surface area contributed by atoms with Gasteiger partial charge in [0.2, 0.25) is 0 Å². The van der Waals surface area contributed by atoms with Crippen molar-refractivity contribution < 1.29 is 28.8 Å². The van der Waals surface area contributed by atoms with Gasteiger partial charge in [-0.25, -0.2) is 0 Å². The van der Waals surface area contributed by atoms with Crippen LogP contribution in [-0.4, -0.2) is 75.0 Å². The lowest BCUT2D eigenvalue weighted by molar-refractivity contribution is -0.207. The molecule has 5 rings (SSSR count). The van der Waals surface area contributed by atoms with Crippen LogP contribution in [0.15, 0.2) is 0 Å². The van der Waals surface area contributed by atoms with Gasteiger partial charge in [0.1, 0.15) is 0 Å². The molecule has 4 unspecified atom stereocenters. The number of carbonyl (C=O) groups excluding carboxylic acids is 1. The van der Waals surface area contributed by atoms with E-state index in [9.17, 15) is 9.90 Å². The number of hydrogen-bond acceptors (Lipinski definition) is 7. The third kappa shape index (κ3) is 6.85. The highest BCUT2D eigenvalue weighted by Gasteiger charge is 2.76. The topological polar surface area (TPSA) is 86.3 Å². The second-order valence-corrected chi connectivity index (χ2v) is 17.7. The Morgan fingerprint density at radius 3 is 2.33 bits per heavy atom. The van der Waals surface area contributed by atoms with E-state index in [1.807, 2.05) is 7.11 Å². The summed E-state index contributed by atoms with van der Waals surface area (Å²) in [6.07, 6.45) is 10.9. The summed E-state index contributed by atoms with van der Waals surface area (Å²) in [5.74, 6) is 2.78. The van der Waals surface area contributed by atoms with Crippen LogP contribution in [0.3, 0.4) is 0 Å². The average molecular weight is 650 g/mol. The molecule has 5 fully saturated rings. The smallest absolute Gasteiger partial charge is 0.303 e. The number of likely N-dealkylation sites (N-methyl/N-ethyl adjacent to an activating group) is 1. The number of nitrogens with one attached hydrogen (secondary N) is 1. The van der Waals surface area contributed by atoms with Crippen LogP contribution >= 0.6 is 0 Å². The molecular weight excluding hydrogens is 578 g/mol. The molecule has 1 heterocycles. The monoisotopic (exact) mass is 650 g/mol. The van der Waals surface area contributed by atoms with E-state index in [0.717, 1.165) is 44.4 Å². The van der Waals surface area contributed by atoms with Crippen LogP contribution in [0, 0.1) is 51.2 Å². The van der Waals surface area contributed by atoms with E-state index < -0.39 is 11.7 Å². The summed E-state index contributed by atoms with van der Waals surface area (Å²) >= 11 is 0. The summed E-state index contributed by atoms with van der Waals surface area (Å²) in [6.45, 7) is 24.7. The van der Waals surface area contributed by atoms with E-state index in [4.69, 9.17) is 18.9 Å². The van der Waals surface area contributed by atoms with Gasteiger partial charge in [-0.2, -0.15) is 0 Å². The number of esters is 1. The molecule has 7 heteroatoms. The Hall–Kier alpha value is -0.730. The molecule has 0 aromatic rings. The zero-order chi connectivity index (χ0) is 34.3. The molecule has 4 aliphatic carbocycles. The lowest BCUT2D eigenvalue weighted by atomic mass is 9.51. The van der Waals surface area contributed by atoms with Crippen LogP contribution in [0.4, 0.5) is 0 Å². The van der Waals surface area contributed by atoms with E-state index in [0.29, 0.717) is 34.7 Å². The van der Waals surface area contributed by atoms with Crippen molar-refractivity contribution in [2.75, 3.05) is 33.9 Å². The lowest BCUT2D eigenvalue weighted by Gasteiger charge is -2.55. The van der Waals surface area contributed by atoms with Crippen molar-refractivity contribution in [3.63, 3.8) is 0 Å². The molecule has 0 aromatic carbocycles. The maximum absolute atomic E-state index is 11.9. The molecule has 0 aromatic heterocycles. The maximum Gasteiger partial charge on any atom is 0.303 e. The minimum absolute atomic E-state index is 0.164. The second-order valence-electron chi connectivity index (χ2n) is 17.7. The Kier molecular flexibility index (Phi) is 11.8. The van der Waals surface area contributed by atoms with Crippen molar-refractivity contribution >= 4 is 5.97 Å². The second kappa shape index (κ2) is 14.2. The van der Waals surface area contributed by atoms with Crippen molar-refractivity contribution in [3.8, 4) is 0 Å². The summed E-state index contributed by atoms with van der Waals surface area (Å²) in [5, 5.41) is 14.0. The van der Waals surface area contributed by atoms with Gasteiger partial charge in [0.25, 0.3) is 0 Å². The Labute approximate surface area is 282 Å². The van der Waals surface area contributed by atoms with E-state index in [1.54, 1.807) is 21.0 Å². The number of ether oxygens (including phenoxy) is 4. The zero-order valence-corrected chi connectivity index (χ0v) is 31.7.